The van der Waals surface area contributed by atoms with Crippen molar-refractivity contribution in [2.24, 2.45) is 0 Å². The summed E-state index contributed by atoms with van der Waals surface area (Å²) < 4.78 is 0. The number of thioether (sulfide) groups is 1. The Kier molecular flexibility index (Phi) is 7.55. The van der Waals surface area contributed by atoms with Crippen molar-refractivity contribution in [3.05, 3.63) is 58.6 Å². The van der Waals surface area contributed by atoms with Crippen molar-refractivity contribution in [1.29, 1.82) is 0 Å². The maximum absolute atomic E-state index is 11.9. The summed E-state index contributed by atoms with van der Waals surface area (Å²) in [5, 5.41) is 4.13. The van der Waals surface area contributed by atoms with Crippen molar-refractivity contribution >= 4 is 52.3 Å². The average molecular weight is 394 g/mol. The number of carbonyl (C=O) groups excluding carboxylic acids is 1. The highest BCUT2D eigenvalue weighted by Gasteiger charge is 2.06. The zero-order chi connectivity index (χ0) is 18.2. The maximum Gasteiger partial charge on any atom is 0.239 e. The molecular formula is C18H20ClN3OS2. The van der Waals surface area contributed by atoms with Crippen molar-refractivity contribution in [3.63, 3.8) is 0 Å². The van der Waals surface area contributed by atoms with Crippen molar-refractivity contribution in [3.8, 4) is 0 Å². The molecule has 0 fully saturated rings. The molecule has 4 nitrogen and oxygen atoms in total. The molecule has 25 heavy (non-hydrogen) atoms. The van der Waals surface area contributed by atoms with Gasteiger partial charge in [-0.15, -0.1) is 11.8 Å². The fourth-order valence-corrected chi connectivity index (χ4v) is 3.39. The molecule has 0 spiro atoms. The van der Waals surface area contributed by atoms with Crippen LogP contribution < -0.4 is 16.2 Å². The van der Waals surface area contributed by atoms with Gasteiger partial charge in [-0.2, -0.15) is 0 Å². The fourth-order valence-electron chi connectivity index (χ4n) is 2.04. The smallest absolute Gasteiger partial charge is 0.239 e. The number of halogens is 1. The van der Waals surface area contributed by atoms with Crippen molar-refractivity contribution in [2.75, 3.05) is 11.1 Å². The highest BCUT2D eigenvalue weighted by Crippen LogP contribution is 2.26. The van der Waals surface area contributed by atoms with Crippen LogP contribution in [0.2, 0.25) is 5.02 Å². The predicted octanol–water partition coefficient (Wildman–Crippen LogP) is 4.46. The van der Waals surface area contributed by atoms with E-state index in [2.05, 4.69) is 16.2 Å². The topological polar surface area (TPSA) is 53.2 Å². The monoisotopic (exact) mass is 393 g/mol. The summed E-state index contributed by atoms with van der Waals surface area (Å²) in [6.45, 7) is 4.06. The van der Waals surface area contributed by atoms with Crippen molar-refractivity contribution in [1.82, 2.24) is 10.9 Å². The van der Waals surface area contributed by atoms with Gasteiger partial charge in [-0.25, -0.2) is 0 Å². The standard InChI is InChI=1S/C18H20ClN3OS2/c1-12-6-5-8-15(13(12)2)20-18(24)22-21-17(23)10-11-25-16-9-4-3-7-14(16)19/h3-9H,10-11H2,1-2H3,(H,21,23)(H2,20,22,24). The first-order chi connectivity index (χ1) is 12.0. The van der Waals surface area contributed by atoms with Crippen LogP contribution in [-0.4, -0.2) is 16.8 Å². The highest BCUT2D eigenvalue weighted by atomic mass is 35.5. The van der Waals surface area contributed by atoms with Gasteiger partial charge in [0.15, 0.2) is 5.11 Å². The Labute approximate surface area is 162 Å². The molecular weight excluding hydrogens is 374 g/mol. The molecule has 0 radical (unpaired) electrons. The number of anilines is 1. The second-order valence-electron chi connectivity index (χ2n) is 5.40. The van der Waals surface area contributed by atoms with E-state index < -0.39 is 0 Å². The molecule has 1 amide bonds. The Bertz CT molecular complexity index is 768. The molecule has 0 saturated carbocycles. The zero-order valence-electron chi connectivity index (χ0n) is 14.1. The van der Waals surface area contributed by atoms with E-state index in [0.717, 1.165) is 16.1 Å². The summed E-state index contributed by atoms with van der Waals surface area (Å²) in [4.78, 5) is 12.9. The lowest BCUT2D eigenvalue weighted by atomic mass is 10.1. The molecule has 2 aromatic rings. The maximum atomic E-state index is 11.9. The van der Waals surface area contributed by atoms with E-state index >= 15 is 0 Å². The lowest BCUT2D eigenvalue weighted by molar-refractivity contribution is -0.121. The summed E-state index contributed by atoms with van der Waals surface area (Å²) in [6.07, 6.45) is 0.356. The molecule has 0 unspecified atom stereocenters. The lowest BCUT2D eigenvalue weighted by Gasteiger charge is -2.14. The Morgan fingerprint density at radius 2 is 1.88 bits per heavy atom. The Hall–Kier alpha value is -1.76. The SMILES string of the molecule is Cc1cccc(NC(=S)NNC(=O)CCSc2ccccc2Cl)c1C. The number of hydrogen-bond acceptors (Lipinski definition) is 3. The quantitative estimate of drug-likeness (QED) is 0.398. The number of hydrogen-bond donors (Lipinski definition) is 3. The van der Waals surface area contributed by atoms with E-state index in [-0.39, 0.29) is 5.91 Å². The summed E-state index contributed by atoms with van der Waals surface area (Å²) in [6, 6.07) is 13.5. The third kappa shape index (κ3) is 6.23. The van der Waals surface area contributed by atoms with Gasteiger partial charge in [0.1, 0.15) is 0 Å². The molecule has 0 aliphatic heterocycles. The number of nitrogens with one attached hydrogen (secondary N) is 3. The molecule has 7 heteroatoms. The lowest BCUT2D eigenvalue weighted by Crippen LogP contribution is -2.43. The number of benzene rings is 2. The van der Waals surface area contributed by atoms with E-state index in [0.29, 0.717) is 22.3 Å². The predicted molar refractivity (Wildman–Crippen MR) is 110 cm³/mol. The summed E-state index contributed by atoms with van der Waals surface area (Å²) in [7, 11) is 0. The minimum absolute atomic E-state index is 0.135. The van der Waals surface area contributed by atoms with Crippen molar-refractivity contribution in [2.45, 2.75) is 25.2 Å². The number of thiocarbonyl (C=S) groups is 1. The van der Waals surface area contributed by atoms with Crippen LogP contribution >= 0.6 is 35.6 Å². The van der Waals surface area contributed by atoms with Gasteiger partial charge in [-0.3, -0.25) is 15.6 Å². The van der Waals surface area contributed by atoms with Crippen LogP contribution in [0.1, 0.15) is 17.5 Å². The van der Waals surface area contributed by atoms with E-state index in [1.165, 1.54) is 5.56 Å². The molecule has 132 valence electrons. The molecule has 3 N–H and O–H groups in total. The minimum atomic E-state index is -0.135. The average Bonchev–Trinajstić information content (AvgIpc) is 2.59. The molecule has 0 saturated heterocycles. The van der Waals surface area contributed by atoms with Crippen LogP contribution in [0.5, 0.6) is 0 Å². The zero-order valence-corrected chi connectivity index (χ0v) is 16.4. The Balaban J connectivity index is 1.71. The first kappa shape index (κ1) is 19.6. The molecule has 0 heterocycles. The molecule has 0 bridgehead atoms. The fraction of sp³-hybridized carbons (Fsp3) is 0.222. The molecule has 0 aliphatic carbocycles. The molecule has 0 aliphatic rings. The van der Waals surface area contributed by atoms with E-state index in [1.807, 2.05) is 56.3 Å². The number of amides is 1. The summed E-state index contributed by atoms with van der Waals surface area (Å²) >= 11 is 12.8. The van der Waals surface area contributed by atoms with E-state index in [9.17, 15) is 4.79 Å². The van der Waals surface area contributed by atoms with Crippen LogP contribution in [0.3, 0.4) is 0 Å². The normalized spacial score (nSPS) is 10.2. The molecule has 0 aromatic heterocycles. The van der Waals surface area contributed by atoms with Crippen LogP contribution in [0.4, 0.5) is 5.69 Å². The Morgan fingerprint density at radius 3 is 2.64 bits per heavy atom. The summed E-state index contributed by atoms with van der Waals surface area (Å²) in [5.74, 6) is 0.499. The van der Waals surface area contributed by atoms with Gasteiger partial charge in [-0.1, -0.05) is 35.9 Å². The second kappa shape index (κ2) is 9.65. The second-order valence-corrected chi connectivity index (χ2v) is 7.36. The molecule has 2 rings (SSSR count). The first-order valence-corrected chi connectivity index (χ1v) is 9.54. The van der Waals surface area contributed by atoms with Gasteiger partial charge >= 0.3 is 0 Å². The van der Waals surface area contributed by atoms with Gasteiger partial charge < -0.3 is 5.32 Å². The third-order valence-corrected chi connectivity index (χ3v) is 5.31. The number of carbonyl (C=O) groups is 1. The van der Waals surface area contributed by atoms with Crippen LogP contribution in [0.15, 0.2) is 47.4 Å². The number of rotatable bonds is 5. The van der Waals surface area contributed by atoms with Gasteiger partial charge in [0.25, 0.3) is 0 Å². The van der Waals surface area contributed by atoms with E-state index in [4.69, 9.17) is 23.8 Å². The van der Waals surface area contributed by atoms with Gasteiger partial charge in [-0.05, 0) is 55.4 Å². The Morgan fingerprint density at radius 1 is 1.12 bits per heavy atom. The molecule has 2 aromatic carbocycles. The van der Waals surface area contributed by atoms with Crippen LogP contribution in [0.25, 0.3) is 0 Å². The van der Waals surface area contributed by atoms with Gasteiger partial charge in [0.2, 0.25) is 5.91 Å². The van der Waals surface area contributed by atoms with Crippen molar-refractivity contribution < 1.29 is 4.79 Å². The number of hydrazine groups is 1. The molecule has 0 atom stereocenters. The minimum Gasteiger partial charge on any atom is -0.331 e. The number of aryl methyl sites for hydroxylation is 1. The largest absolute Gasteiger partial charge is 0.331 e. The first-order valence-electron chi connectivity index (χ1n) is 7.76. The third-order valence-electron chi connectivity index (χ3n) is 3.59. The van der Waals surface area contributed by atoms with E-state index in [1.54, 1.807) is 11.8 Å². The van der Waals surface area contributed by atoms with Gasteiger partial charge in [0, 0.05) is 22.8 Å². The van der Waals surface area contributed by atoms with Crippen LogP contribution in [0, 0.1) is 13.8 Å². The summed E-state index contributed by atoms with van der Waals surface area (Å²) in [5.41, 5.74) is 8.53. The van der Waals surface area contributed by atoms with Crippen LogP contribution in [-0.2, 0) is 4.79 Å². The highest BCUT2D eigenvalue weighted by molar-refractivity contribution is 7.99. The van der Waals surface area contributed by atoms with Gasteiger partial charge in [0.05, 0.1) is 5.02 Å².